The van der Waals surface area contributed by atoms with Crippen molar-refractivity contribution in [2.24, 2.45) is 0 Å². The molecule has 19 heavy (non-hydrogen) atoms. The first-order chi connectivity index (χ1) is 9.06. The zero-order valence-corrected chi connectivity index (χ0v) is 12.0. The molecule has 2 saturated carbocycles. The second kappa shape index (κ2) is 4.91. The van der Waals surface area contributed by atoms with Gasteiger partial charge in [0.25, 0.3) is 0 Å². The number of hydrogen-bond acceptors (Lipinski definition) is 4. The Bertz CT molecular complexity index is 470. The zero-order chi connectivity index (χ0) is 13.5. The minimum atomic E-state index is -0.564. The van der Waals surface area contributed by atoms with Crippen LogP contribution < -0.4 is 4.90 Å². The second-order valence-corrected chi connectivity index (χ2v) is 6.36. The lowest BCUT2D eigenvalue weighted by Gasteiger charge is -2.29. The monoisotopic (exact) mass is 281 g/mol. The lowest BCUT2D eigenvalue weighted by molar-refractivity contribution is 0.0558. The van der Waals surface area contributed by atoms with Gasteiger partial charge in [-0.2, -0.15) is 0 Å². The van der Waals surface area contributed by atoms with E-state index in [9.17, 15) is 5.11 Å². The van der Waals surface area contributed by atoms with E-state index in [1.807, 2.05) is 11.9 Å². The molecule has 0 spiro atoms. The van der Waals surface area contributed by atoms with E-state index in [0.717, 1.165) is 50.2 Å². The molecular formula is C14H20ClN3O. The molecule has 0 amide bonds. The summed E-state index contributed by atoms with van der Waals surface area (Å²) >= 11 is 6.08. The molecule has 2 aliphatic carbocycles. The molecule has 1 heterocycles. The van der Waals surface area contributed by atoms with Gasteiger partial charge >= 0.3 is 0 Å². The molecule has 3 rings (SSSR count). The number of aromatic nitrogens is 2. The van der Waals surface area contributed by atoms with Crippen molar-refractivity contribution in [3.05, 3.63) is 17.0 Å². The molecule has 0 saturated heterocycles. The zero-order valence-electron chi connectivity index (χ0n) is 11.3. The Morgan fingerprint density at radius 2 is 2.05 bits per heavy atom. The van der Waals surface area contributed by atoms with Crippen molar-refractivity contribution in [3.63, 3.8) is 0 Å². The number of nitrogens with zero attached hydrogens (tertiary/aromatic N) is 3. The fourth-order valence-electron chi connectivity index (χ4n) is 2.86. The van der Waals surface area contributed by atoms with Crippen LogP contribution in [0.5, 0.6) is 0 Å². The van der Waals surface area contributed by atoms with Gasteiger partial charge in [-0.3, -0.25) is 0 Å². The predicted molar refractivity (Wildman–Crippen MR) is 75.7 cm³/mol. The standard InChI is InChI=1S/C14H20ClN3O/c1-18(9-14(19)6-2-3-7-14)12-8-11(15)16-13(17-12)10-4-5-10/h8,10,19H,2-7,9H2,1H3. The first-order valence-corrected chi connectivity index (χ1v) is 7.42. The maximum atomic E-state index is 10.5. The summed E-state index contributed by atoms with van der Waals surface area (Å²) in [5.74, 6) is 2.16. The third-order valence-corrected chi connectivity index (χ3v) is 4.29. The first kappa shape index (κ1) is 13.1. The predicted octanol–water partition coefficient (Wildman–Crippen LogP) is 2.75. The summed E-state index contributed by atoms with van der Waals surface area (Å²) in [5.41, 5.74) is -0.564. The fourth-order valence-corrected chi connectivity index (χ4v) is 3.04. The minimum Gasteiger partial charge on any atom is -0.388 e. The normalized spacial score (nSPS) is 21.6. The summed E-state index contributed by atoms with van der Waals surface area (Å²) in [7, 11) is 1.96. The molecule has 2 aliphatic rings. The summed E-state index contributed by atoms with van der Waals surface area (Å²) in [5, 5.41) is 11.0. The van der Waals surface area contributed by atoms with Crippen LogP contribution in [0.25, 0.3) is 0 Å². The summed E-state index contributed by atoms with van der Waals surface area (Å²) in [6.07, 6.45) is 6.31. The molecule has 5 heteroatoms. The lowest BCUT2D eigenvalue weighted by atomic mass is 10.0. The van der Waals surface area contributed by atoms with E-state index < -0.39 is 5.60 Å². The quantitative estimate of drug-likeness (QED) is 0.862. The Hall–Kier alpha value is -0.870. The van der Waals surface area contributed by atoms with Gasteiger partial charge in [0, 0.05) is 25.6 Å². The molecule has 4 nitrogen and oxygen atoms in total. The number of aliphatic hydroxyl groups is 1. The van der Waals surface area contributed by atoms with Gasteiger partial charge in [-0.15, -0.1) is 0 Å². The van der Waals surface area contributed by atoms with Gasteiger partial charge in [0.05, 0.1) is 5.60 Å². The molecule has 0 bridgehead atoms. The van der Waals surface area contributed by atoms with Crippen LogP contribution in [0.4, 0.5) is 5.82 Å². The maximum Gasteiger partial charge on any atom is 0.135 e. The Kier molecular flexibility index (Phi) is 3.39. The Morgan fingerprint density at radius 1 is 1.37 bits per heavy atom. The summed E-state index contributed by atoms with van der Waals surface area (Å²) in [6, 6.07) is 1.78. The van der Waals surface area contributed by atoms with E-state index >= 15 is 0 Å². The topological polar surface area (TPSA) is 49.2 Å². The van der Waals surface area contributed by atoms with Crippen molar-refractivity contribution < 1.29 is 5.11 Å². The fraction of sp³-hybridized carbons (Fsp3) is 0.714. The lowest BCUT2D eigenvalue weighted by Crippen LogP contribution is -2.39. The van der Waals surface area contributed by atoms with E-state index in [1.54, 1.807) is 6.07 Å². The van der Waals surface area contributed by atoms with Crippen molar-refractivity contribution in [2.75, 3.05) is 18.5 Å². The second-order valence-electron chi connectivity index (χ2n) is 5.97. The molecule has 0 unspecified atom stereocenters. The summed E-state index contributed by atoms with van der Waals surface area (Å²) in [4.78, 5) is 10.9. The Morgan fingerprint density at radius 3 is 2.68 bits per heavy atom. The highest BCUT2D eigenvalue weighted by Crippen LogP contribution is 2.39. The SMILES string of the molecule is CN(CC1(O)CCCC1)c1cc(Cl)nc(C2CC2)n1. The molecule has 0 aliphatic heterocycles. The molecule has 0 aromatic carbocycles. The van der Waals surface area contributed by atoms with Crippen molar-refractivity contribution in [1.82, 2.24) is 9.97 Å². The van der Waals surface area contributed by atoms with E-state index in [4.69, 9.17) is 11.6 Å². The van der Waals surface area contributed by atoms with Crippen LogP contribution in [0.2, 0.25) is 5.15 Å². The third-order valence-electron chi connectivity index (χ3n) is 4.10. The smallest absolute Gasteiger partial charge is 0.135 e. The van der Waals surface area contributed by atoms with Crippen molar-refractivity contribution >= 4 is 17.4 Å². The number of hydrogen-bond donors (Lipinski definition) is 1. The maximum absolute atomic E-state index is 10.5. The highest BCUT2D eigenvalue weighted by molar-refractivity contribution is 6.29. The van der Waals surface area contributed by atoms with Crippen LogP contribution >= 0.6 is 11.6 Å². The number of likely N-dealkylation sites (N-methyl/N-ethyl adjacent to an activating group) is 1. The highest BCUT2D eigenvalue weighted by Gasteiger charge is 2.33. The highest BCUT2D eigenvalue weighted by atomic mass is 35.5. The van der Waals surface area contributed by atoms with Crippen LogP contribution in [0.15, 0.2) is 6.07 Å². The average Bonchev–Trinajstić information content (AvgIpc) is 3.12. The van der Waals surface area contributed by atoms with Gasteiger partial charge in [0.2, 0.25) is 0 Å². The van der Waals surface area contributed by atoms with Crippen molar-refractivity contribution in [1.29, 1.82) is 0 Å². The summed E-state index contributed by atoms with van der Waals surface area (Å²) in [6.45, 7) is 0.616. The van der Waals surface area contributed by atoms with Crippen LogP contribution in [0.1, 0.15) is 50.3 Å². The number of anilines is 1. The van der Waals surface area contributed by atoms with Gasteiger partial charge in [-0.1, -0.05) is 24.4 Å². The first-order valence-electron chi connectivity index (χ1n) is 7.04. The van der Waals surface area contributed by atoms with E-state index in [0.29, 0.717) is 17.6 Å². The molecule has 2 fully saturated rings. The van der Waals surface area contributed by atoms with Gasteiger partial charge in [-0.25, -0.2) is 9.97 Å². The average molecular weight is 282 g/mol. The third kappa shape index (κ3) is 3.00. The number of halogens is 1. The van der Waals surface area contributed by atoms with Crippen molar-refractivity contribution in [2.45, 2.75) is 50.0 Å². The van der Waals surface area contributed by atoms with Crippen LogP contribution in [-0.4, -0.2) is 34.3 Å². The number of rotatable bonds is 4. The minimum absolute atomic E-state index is 0.486. The molecule has 0 atom stereocenters. The Balaban J connectivity index is 1.76. The summed E-state index contributed by atoms with van der Waals surface area (Å²) < 4.78 is 0. The van der Waals surface area contributed by atoms with Gasteiger partial charge in [-0.05, 0) is 25.7 Å². The van der Waals surface area contributed by atoms with Crippen molar-refractivity contribution in [3.8, 4) is 0 Å². The van der Waals surface area contributed by atoms with Crippen LogP contribution in [0, 0.1) is 0 Å². The molecule has 1 aromatic rings. The molecule has 104 valence electrons. The molecule has 1 aromatic heterocycles. The van der Waals surface area contributed by atoms with E-state index in [-0.39, 0.29) is 0 Å². The van der Waals surface area contributed by atoms with Gasteiger partial charge in [0.1, 0.15) is 16.8 Å². The largest absolute Gasteiger partial charge is 0.388 e. The Labute approximate surface area is 118 Å². The van der Waals surface area contributed by atoms with E-state index in [1.165, 1.54) is 0 Å². The molecule has 1 N–H and O–H groups in total. The van der Waals surface area contributed by atoms with Gasteiger partial charge < -0.3 is 10.0 Å². The molecular weight excluding hydrogens is 262 g/mol. The van der Waals surface area contributed by atoms with Crippen LogP contribution in [0.3, 0.4) is 0 Å². The van der Waals surface area contributed by atoms with Crippen LogP contribution in [-0.2, 0) is 0 Å². The molecule has 0 radical (unpaired) electrons. The van der Waals surface area contributed by atoms with E-state index in [2.05, 4.69) is 9.97 Å². The van der Waals surface area contributed by atoms with Gasteiger partial charge in [0.15, 0.2) is 0 Å².